The number of carbonyl (C=O) groups excluding carboxylic acids is 1. The van der Waals surface area contributed by atoms with Gasteiger partial charge in [-0.1, -0.05) is 20.8 Å². The van der Waals surface area contributed by atoms with Gasteiger partial charge in [-0.05, 0) is 24.7 Å². The van der Waals surface area contributed by atoms with E-state index in [2.05, 4.69) is 19.2 Å². The molecule has 2 atom stereocenters. The van der Waals surface area contributed by atoms with Gasteiger partial charge in [0, 0.05) is 19.1 Å². The highest BCUT2D eigenvalue weighted by molar-refractivity contribution is 5.80. The van der Waals surface area contributed by atoms with E-state index >= 15 is 0 Å². The number of carbonyl (C=O) groups is 2. The standard InChI is InChI=1S/C13H22N2O3/c1-4-13(10(16)17)5-6-15(8-13)11(18)14-9-7-12(9,2)3/h9H,4-8H2,1-3H3,(H,14,18)(H,16,17). The van der Waals surface area contributed by atoms with Crippen molar-refractivity contribution in [2.75, 3.05) is 13.1 Å². The number of nitrogens with zero attached hydrogens (tertiary/aromatic N) is 1. The van der Waals surface area contributed by atoms with Crippen molar-refractivity contribution in [3.8, 4) is 0 Å². The molecular weight excluding hydrogens is 232 g/mol. The van der Waals surface area contributed by atoms with Crippen LogP contribution in [-0.4, -0.2) is 41.1 Å². The molecule has 1 saturated carbocycles. The van der Waals surface area contributed by atoms with Crippen molar-refractivity contribution in [2.45, 2.75) is 46.1 Å². The third-order valence-corrected chi connectivity index (χ3v) is 4.58. The van der Waals surface area contributed by atoms with Gasteiger partial charge in [0.05, 0.1) is 5.41 Å². The molecule has 1 saturated heterocycles. The monoisotopic (exact) mass is 254 g/mol. The number of carboxylic acids is 1. The van der Waals surface area contributed by atoms with E-state index in [0.29, 0.717) is 25.9 Å². The maximum absolute atomic E-state index is 12.0. The second kappa shape index (κ2) is 4.14. The van der Waals surface area contributed by atoms with Gasteiger partial charge in [-0.25, -0.2) is 4.79 Å². The molecule has 5 nitrogen and oxygen atoms in total. The van der Waals surface area contributed by atoms with E-state index < -0.39 is 11.4 Å². The number of rotatable bonds is 3. The fourth-order valence-electron chi connectivity index (χ4n) is 2.61. The molecule has 1 aliphatic heterocycles. The van der Waals surface area contributed by atoms with Crippen molar-refractivity contribution in [3.05, 3.63) is 0 Å². The summed E-state index contributed by atoms with van der Waals surface area (Å²) >= 11 is 0. The number of hydrogen-bond acceptors (Lipinski definition) is 2. The van der Waals surface area contributed by atoms with Crippen molar-refractivity contribution in [3.63, 3.8) is 0 Å². The number of amides is 2. The highest BCUT2D eigenvalue weighted by Crippen LogP contribution is 2.44. The van der Waals surface area contributed by atoms with Gasteiger partial charge in [-0.3, -0.25) is 4.79 Å². The molecule has 5 heteroatoms. The van der Waals surface area contributed by atoms with E-state index in [1.165, 1.54) is 0 Å². The molecule has 0 radical (unpaired) electrons. The van der Waals surface area contributed by atoms with Crippen LogP contribution in [0.15, 0.2) is 0 Å². The first-order valence-corrected chi connectivity index (χ1v) is 6.59. The molecule has 2 aliphatic rings. The Bertz CT molecular complexity index is 380. The van der Waals surface area contributed by atoms with Crippen LogP contribution in [0, 0.1) is 10.8 Å². The van der Waals surface area contributed by atoms with Crippen molar-refractivity contribution in [1.29, 1.82) is 0 Å². The molecule has 0 aromatic carbocycles. The first-order valence-electron chi connectivity index (χ1n) is 6.59. The zero-order chi connectivity index (χ0) is 13.6. The Morgan fingerprint density at radius 3 is 2.44 bits per heavy atom. The lowest BCUT2D eigenvalue weighted by atomic mass is 9.84. The van der Waals surface area contributed by atoms with Crippen LogP contribution in [0.5, 0.6) is 0 Å². The van der Waals surface area contributed by atoms with Gasteiger partial charge in [0.25, 0.3) is 0 Å². The number of carboxylic acid groups (broad SMARTS) is 1. The summed E-state index contributed by atoms with van der Waals surface area (Å²) in [4.78, 5) is 25.0. The predicted octanol–water partition coefficient (Wildman–Crippen LogP) is 1.68. The normalized spacial score (nSPS) is 33.3. The summed E-state index contributed by atoms with van der Waals surface area (Å²) in [6.07, 6.45) is 2.13. The topological polar surface area (TPSA) is 69.6 Å². The second-order valence-corrected chi connectivity index (χ2v) is 6.31. The van der Waals surface area contributed by atoms with E-state index in [-0.39, 0.29) is 17.5 Å². The fraction of sp³-hybridized carbons (Fsp3) is 0.846. The molecule has 1 heterocycles. The molecule has 1 aliphatic carbocycles. The van der Waals surface area contributed by atoms with Gasteiger partial charge in [0.15, 0.2) is 0 Å². The minimum atomic E-state index is -0.785. The first kappa shape index (κ1) is 13.2. The van der Waals surface area contributed by atoms with E-state index in [0.717, 1.165) is 6.42 Å². The Morgan fingerprint density at radius 1 is 1.44 bits per heavy atom. The van der Waals surface area contributed by atoms with Crippen molar-refractivity contribution in [1.82, 2.24) is 10.2 Å². The first-order chi connectivity index (χ1) is 8.31. The summed E-state index contributed by atoms with van der Waals surface area (Å²) in [6.45, 7) is 6.99. The van der Waals surface area contributed by atoms with Crippen LogP contribution in [0.2, 0.25) is 0 Å². The minimum Gasteiger partial charge on any atom is -0.481 e. The van der Waals surface area contributed by atoms with Crippen molar-refractivity contribution < 1.29 is 14.7 Å². The lowest BCUT2D eigenvalue weighted by Gasteiger charge is -2.23. The summed E-state index contributed by atoms with van der Waals surface area (Å²) in [6, 6.07) is 0.133. The van der Waals surface area contributed by atoms with Gasteiger partial charge >= 0.3 is 12.0 Å². The van der Waals surface area contributed by atoms with E-state index in [4.69, 9.17) is 0 Å². The molecule has 2 N–H and O–H groups in total. The highest BCUT2D eigenvalue weighted by atomic mass is 16.4. The summed E-state index contributed by atoms with van der Waals surface area (Å²) in [5, 5.41) is 12.3. The Labute approximate surface area is 108 Å². The zero-order valence-electron chi connectivity index (χ0n) is 11.3. The third kappa shape index (κ3) is 2.18. The smallest absolute Gasteiger partial charge is 0.317 e. The Hall–Kier alpha value is -1.26. The number of aliphatic carboxylic acids is 1. The predicted molar refractivity (Wildman–Crippen MR) is 67.3 cm³/mol. The van der Waals surface area contributed by atoms with Crippen LogP contribution in [0.25, 0.3) is 0 Å². The number of nitrogens with one attached hydrogen (secondary N) is 1. The molecule has 2 fully saturated rings. The molecule has 2 unspecified atom stereocenters. The largest absolute Gasteiger partial charge is 0.481 e. The maximum Gasteiger partial charge on any atom is 0.317 e. The summed E-state index contributed by atoms with van der Waals surface area (Å²) in [5.41, 5.74) is -0.541. The van der Waals surface area contributed by atoms with Crippen LogP contribution in [0.3, 0.4) is 0 Å². The van der Waals surface area contributed by atoms with Gasteiger partial charge in [-0.15, -0.1) is 0 Å². The molecule has 0 bridgehead atoms. The quantitative estimate of drug-likeness (QED) is 0.805. The molecule has 2 amide bonds. The number of hydrogen-bond donors (Lipinski definition) is 2. The van der Waals surface area contributed by atoms with Crippen LogP contribution in [0.4, 0.5) is 4.79 Å². The molecule has 0 spiro atoms. The molecule has 0 aromatic rings. The number of urea groups is 1. The van der Waals surface area contributed by atoms with Crippen LogP contribution < -0.4 is 5.32 Å². The molecule has 2 rings (SSSR count). The van der Waals surface area contributed by atoms with Gasteiger partial charge in [-0.2, -0.15) is 0 Å². The van der Waals surface area contributed by atoms with Crippen LogP contribution >= 0.6 is 0 Å². The van der Waals surface area contributed by atoms with Crippen molar-refractivity contribution in [2.24, 2.45) is 10.8 Å². The van der Waals surface area contributed by atoms with Crippen LogP contribution in [-0.2, 0) is 4.79 Å². The van der Waals surface area contributed by atoms with Crippen molar-refractivity contribution >= 4 is 12.0 Å². The zero-order valence-corrected chi connectivity index (χ0v) is 11.3. The highest BCUT2D eigenvalue weighted by Gasteiger charge is 2.49. The van der Waals surface area contributed by atoms with E-state index in [1.807, 2.05) is 6.92 Å². The molecule has 0 aromatic heterocycles. The maximum atomic E-state index is 12.0. The second-order valence-electron chi connectivity index (χ2n) is 6.31. The Balaban J connectivity index is 1.92. The van der Waals surface area contributed by atoms with E-state index in [1.54, 1.807) is 4.90 Å². The fourth-order valence-corrected chi connectivity index (χ4v) is 2.61. The van der Waals surface area contributed by atoms with E-state index in [9.17, 15) is 14.7 Å². The molecule has 102 valence electrons. The lowest BCUT2D eigenvalue weighted by Crippen LogP contribution is -2.43. The summed E-state index contributed by atoms with van der Waals surface area (Å²) < 4.78 is 0. The van der Waals surface area contributed by atoms with Gasteiger partial charge < -0.3 is 15.3 Å². The summed E-state index contributed by atoms with van der Waals surface area (Å²) in [5.74, 6) is -0.785. The molecule has 18 heavy (non-hydrogen) atoms. The van der Waals surface area contributed by atoms with Gasteiger partial charge in [0.2, 0.25) is 0 Å². The lowest BCUT2D eigenvalue weighted by molar-refractivity contribution is -0.148. The summed E-state index contributed by atoms with van der Waals surface area (Å²) in [7, 11) is 0. The molecular formula is C13H22N2O3. The third-order valence-electron chi connectivity index (χ3n) is 4.58. The Morgan fingerprint density at radius 2 is 2.06 bits per heavy atom. The van der Waals surface area contributed by atoms with Crippen LogP contribution in [0.1, 0.15) is 40.0 Å². The Kier molecular flexibility index (Phi) is 3.03. The number of likely N-dealkylation sites (tertiary alicyclic amines) is 1. The minimum absolute atomic E-state index is 0.109. The SMILES string of the molecule is CCC1(C(=O)O)CCN(C(=O)NC2CC2(C)C)C1. The average molecular weight is 254 g/mol. The average Bonchev–Trinajstić information content (AvgIpc) is 2.76. The van der Waals surface area contributed by atoms with Gasteiger partial charge in [0.1, 0.15) is 0 Å².